The molecule has 3 atom stereocenters. The SMILES string of the molecule is CC(C)CC1(C)N=C(N)CC(CC2CCCN(C(=O)C3CCCCCC3)C2)C1=O. The van der Waals surface area contributed by atoms with E-state index in [9.17, 15) is 9.59 Å². The monoisotopic (exact) mass is 403 g/mol. The number of piperidine rings is 1. The van der Waals surface area contributed by atoms with E-state index in [2.05, 4.69) is 23.7 Å². The van der Waals surface area contributed by atoms with Crippen LogP contribution in [0.2, 0.25) is 0 Å². The predicted octanol–water partition coefficient (Wildman–Crippen LogP) is 4.34. The Morgan fingerprint density at radius 3 is 2.52 bits per heavy atom. The minimum atomic E-state index is -0.675. The van der Waals surface area contributed by atoms with Crippen LogP contribution in [0.15, 0.2) is 4.99 Å². The molecular weight excluding hydrogens is 362 g/mol. The van der Waals surface area contributed by atoms with E-state index in [1.165, 1.54) is 25.7 Å². The number of amidine groups is 1. The van der Waals surface area contributed by atoms with Gasteiger partial charge in [0, 0.05) is 31.3 Å². The van der Waals surface area contributed by atoms with Crippen LogP contribution in [0.1, 0.15) is 91.4 Å². The maximum atomic E-state index is 13.3. The van der Waals surface area contributed by atoms with Crippen molar-refractivity contribution in [2.24, 2.45) is 34.4 Å². The van der Waals surface area contributed by atoms with E-state index in [4.69, 9.17) is 5.73 Å². The fourth-order valence-corrected chi connectivity index (χ4v) is 5.98. The number of nitrogens with two attached hydrogens (primary N) is 1. The second-order valence-electron chi connectivity index (χ2n) is 10.5. The summed E-state index contributed by atoms with van der Waals surface area (Å²) in [7, 11) is 0. The van der Waals surface area contributed by atoms with E-state index in [-0.39, 0.29) is 17.6 Å². The highest BCUT2D eigenvalue weighted by Gasteiger charge is 2.43. The Kier molecular flexibility index (Phi) is 7.39. The third-order valence-electron chi connectivity index (χ3n) is 7.21. The number of rotatable bonds is 5. The Morgan fingerprint density at radius 2 is 1.86 bits per heavy atom. The van der Waals surface area contributed by atoms with Gasteiger partial charge in [-0.05, 0) is 57.3 Å². The van der Waals surface area contributed by atoms with E-state index in [1.807, 2.05) is 6.92 Å². The van der Waals surface area contributed by atoms with Crippen molar-refractivity contribution >= 4 is 17.5 Å². The summed E-state index contributed by atoms with van der Waals surface area (Å²) < 4.78 is 0. The maximum Gasteiger partial charge on any atom is 0.225 e. The molecule has 5 nitrogen and oxygen atoms in total. The average molecular weight is 404 g/mol. The first-order chi connectivity index (χ1) is 13.8. The molecule has 2 heterocycles. The van der Waals surface area contributed by atoms with Crippen LogP contribution in [0, 0.1) is 23.7 Å². The molecule has 3 rings (SSSR count). The van der Waals surface area contributed by atoms with Gasteiger partial charge in [0.2, 0.25) is 5.91 Å². The molecule has 2 N–H and O–H groups in total. The van der Waals surface area contributed by atoms with Gasteiger partial charge in [-0.15, -0.1) is 0 Å². The second-order valence-corrected chi connectivity index (χ2v) is 10.5. The first-order valence-corrected chi connectivity index (χ1v) is 12.0. The summed E-state index contributed by atoms with van der Waals surface area (Å²) in [6, 6.07) is 0. The van der Waals surface area contributed by atoms with Crippen molar-refractivity contribution in [3.63, 3.8) is 0 Å². The van der Waals surface area contributed by atoms with Crippen LogP contribution in [0.3, 0.4) is 0 Å². The molecule has 0 radical (unpaired) electrons. The summed E-state index contributed by atoms with van der Waals surface area (Å²) in [5.41, 5.74) is 5.49. The van der Waals surface area contributed by atoms with Gasteiger partial charge in [-0.2, -0.15) is 0 Å². The third-order valence-corrected chi connectivity index (χ3v) is 7.21. The highest BCUT2D eigenvalue weighted by molar-refractivity contribution is 5.99. The van der Waals surface area contributed by atoms with Crippen LogP contribution in [-0.4, -0.2) is 41.1 Å². The Labute approximate surface area is 176 Å². The van der Waals surface area contributed by atoms with Gasteiger partial charge in [-0.3, -0.25) is 14.6 Å². The number of likely N-dealkylation sites (tertiary alicyclic amines) is 1. The highest BCUT2D eigenvalue weighted by Crippen LogP contribution is 2.36. The molecule has 0 spiro atoms. The molecule has 0 aromatic heterocycles. The zero-order valence-electron chi connectivity index (χ0n) is 18.8. The lowest BCUT2D eigenvalue weighted by Crippen LogP contribution is -2.48. The number of carbonyl (C=O) groups is 2. The Hall–Kier alpha value is -1.39. The molecule has 0 aromatic carbocycles. The normalized spacial score (nSPS) is 32.2. The second kappa shape index (κ2) is 9.61. The van der Waals surface area contributed by atoms with Crippen molar-refractivity contribution in [3.8, 4) is 0 Å². The molecule has 1 saturated carbocycles. The van der Waals surface area contributed by atoms with Gasteiger partial charge >= 0.3 is 0 Å². The topological polar surface area (TPSA) is 75.8 Å². The van der Waals surface area contributed by atoms with Crippen LogP contribution in [0.25, 0.3) is 0 Å². The van der Waals surface area contributed by atoms with Gasteiger partial charge in [0.05, 0.1) is 5.84 Å². The molecule has 3 unspecified atom stereocenters. The summed E-state index contributed by atoms with van der Waals surface area (Å²) in [6.07, 6.45) is 11.4. The highest BCUT2D eigenvalue weighted by atomic mass is 16.2. The largest absolute Gasteiger partial charge is 0.387 e. The number of carbonyl (C=O) groups excluding carboxylic acids is 2. The molecule has 2 fully saturated rings. The van der Waals surface area contributed by atoms with Crippen LogP contribution < -0.4 is 5.73 Å². The number of hydrogen-bond donors (Lipinski definition) is 1. The third kappa shape index (κ3) is 5.61. The molecule has 1 amide bonds. The van der Waals surface area contributed by atoms with E-state index in [0.29, 0.717) is 30.0 Å². The standard InChI is InChI=1S/C24H41N3O2/c1-17(2)15-24(3)22(28)20(14-21(25)26-24)13-18-9-8-12-27(16-18)23(29)19-10-6-4-5-7-11-19/h17-20H,4-16H2,1-3H3,(H2,25,26). The first-order valence-electron chi connectivity index (χ1n) is 12.0. The van der Waals surface area contributed by atoms with Crippen molar-refractivity contribution in [2.75, 3.05) is 13.1 Å². The van der Waals surface area contributed by atoms with Gasteiger partial charge in [0.15, 0.2) is 5.78 Å². The Balaban J connectivity index is 1.61. The number of amides is 1. The average Bonchev–Trinajstić information content (AvgIpc) is 2.94. The zero-order chi connectivity index (χ0) is 21.0. The molecule has 5 heteroatoms. The van der Waals surface area contributed by atoms with E-state index < -0.39 is 5.54 Å². The quantitative estimate of drug-likeness (QED) is 0.694. The molecule has 3 aliphatic rings. The summed E-state index contributed by atoms with van der Waals surface area (Å²) in [6.45, 7) is 7.92. The smallest absolute Gasteiger partial charge is 0.225 e. The van der Waals surface area contributed by atoms with Crippen molar-refractivity contribution in [1.82, 2.24) is 4.90 Å². The van der Waals surface area contributed by atoms with Gasteiger partial charge in [0.1, 0.15) is 5.54 Å². The fourth-order valence-electron chi connectivity index (χ4n) is 5.98. The molecule has 1 aliphatic carbocycles. The van der Waals surface area contributed by atoms with Crippen molar-refractivity contribution in [2.45, 2.75) is 96.9 Å². The number of ketones is 1. The molecule has 0 aromatic rings. The first kappa shape index (κ1) is 22.3. The molecule has 2 aliphatic heterocycles. The van der Waals surface area contributed by atoms with E-state index in [0.717, 1.165) is 51.6 Å². The number of nitrogens with zero attached hydrogens (tertiary/aromatic N) is 2. The van der Waals surface area contributed by atoms with Crippen LogP contribution in [0.5, 0.6) is 0 Å². The minimum Gasteiger partial charge on any atom is -0.387 e. The summed E-state index contributed by atoms with van der Waals surface area (Å²) in [4.78, 5) is 33.0. The summed E-state index contributed by atoms with van der Waals surface area (Å²) >= 11 is 0. The molecule has 164 valence electrons. The summed E-state index contributed by atoms with van der Waals surface area (Å²) in [5, 5.41) is 0. The van der Waals surface area contributed by atoms with Crippen LogP contribution in [-0.2, 0) is 9.59 Å². The van der Waals surface area contributed by atoms with Gasteiger partial charge in [-0.1, -0.05) is 39.5 Å². The molecule has 1 saturated heterocycles. The Bertz CT molecular complexity index is 622. The van der Waals surface area contributed by atoms with Crippen LogP contribution in [0.4, 0.5) is 0 Å². The number of hydrogen-bond acceptors (Lipinski definition) is 4. The van der Waals surface area contributed by atoms with Gasteiger partial charge in [0.25, 0.3) is 0 Å². The zero-order valence-corrected chi connectivity index (χ0v) is 18.8. The predicted molar refractivity (Wildman–Crippen MR) is 118 cm³/mol. The van der Waals surface area contributed by atoms with Crippen molar-refractivity contribution in [3.05, 3.63) is 0 Å². The lowest BCUT2D eigenvalue weighted by atomic mass is 9.74. The van der Waals surface area contributed by atoms with Crippen molar-refractivity contribution in [1.29, 1.82) is 0 Å². The fraction of sp³-hybridized carbons (Fsp3) is 0.875. The van der Waals surface area contributed by atoms with Crippen molar-refractivity contribution < 1.29 is 9.59 Å². The Morgan fingerprint density at radius 1 is 1.17 bits per heavy atom. The van der Waals surface area contributed by atoms with Gasteiger partial charge in [-0.25, -0.2) is 0 Å². The maximum absolute atomic E-state index is 13.3. The minimum absolute atomic E-state index is 0.0471. The number of Topliss-reactive ketones (excluding diaryl/α,β-unsaturated/α-hetero) is 1. The molecular formula is C24H41N3O2. The number of aliphatic imine (C=N–C) groups is 1. The lowest BCUT2D eigenvalue weighted by molar-refractivity contribution is -0.138. The van der Waals surface area contributed by atoms with E-state index in [1.54, 1.807) is 0 Å². The summed E-state index contributed by atoms with van der Waals surface area (Å²) in [5.74, 6) is 2.24. The van der Waals surface area contributed by atoms with Crippen LogP contribution >= 0.6 is 0 Å². The molecule has 0 bridgehead atoms. The van der Waals surface area contributed by atoms with Gasteiger partial charge < -0.3 is 10.6 Å². The lowest BCUT2D eigenvalue weighted by Gasteiger charge is -2.39. The molecule has 29 heavy (non-hydrogen) atoms. The van der Waals surface area contributed by atoms with E-state index >= 15 is 0 Å².